The van der Waals surface area contributed by atoms with E-state index in [0.29, 0.717) is 29.6 Å². The maximum Gasteiger partial charge on any atom is 0.319 e. The third-order valence-electron chi connectivity index (χ3n) is 3.79. The van der Waals surface area contributed by atoms with Gasteiger partial charge in [-0.25, -0.2) is 4.79 Å². The predicted molar refractivity (Wildman–Crippen MR) is 106 cm³/mol. The lowest BCUT2D eigenvalue weighted by Crippen LogP contribution is -2.32. The standard InChI is InChI=1S/C20H25ClN2O3/c1-20(2,3)14-5-8-16(9-6-14)26-12-11-22-19(24)23-15-7-10-18(25-4)17(21)13-15/h5-10,13H,11-12H2,1-4H3,(H2,22,23,24). The smallest absolute Gasteiger partial charge is 0.319 e. The van der Waals surface area contributed by atoms with Crippen molar-refractivity contribution in [3.8, 4) is 11.5 Å². The van der Waals surface area contributed by atoms with Gasteiger partial charge in [0.15, 0.2) is 0 Å². The van der Waals surface area contributed by atoms with Gasteiger partial charge in [0.25, 0.3) is 0 Å². The molecular weight excluding hydrogens is 352 g/mol. The second-order valence-corrected chi connectivity index (χ2v) is 7.26. The zero-order valence-corrected chi connectivity index (χ0v) is 16.3. The minimum Gasteiger partial charge on any atom is -0.495 e. The summed E-state index contributed by atoms with van der Waals surface area (Å²) in [5.74, 6) is 1.34. The van der Waals surface area contributed by atoms with Crippen LogP contribution in [-0.4, -0.2) is 26.3 Å². The molecule has 0 aliphatic rings. The highest BCUT2D eigenvalue weighted by atomic mass is 35.5. The fraction of sp³-hybridized carbons (Fsp3) is 0.350. The van der Waals surface area contributed by atoms with Crippen LogP contribution in [0.1, 0.15) is 26.3 Å². The van der Waals surface area contributed by atoms with E-state index in [2.05, 4.69) is 43.5 Å². The first-order valence-corrected chi connectivity index (χ1v) is 8.79. The largest absolute Gasteiger partial charge is 0.495 e. The van der Waals surface area contributed by atoms with E-state index in [1.165, 1.54) is 12.7 Å². The van der Waals surface area contributed by atoms with Crippen LogP contribution >= 0.6 is 11.6 Å². The number of carbonyl (C=O) groups is 1. The number of urea groups is 1. The van der Waals surface area contributed by atoms with Gasteiger partial charge < -0.3 is 20.1 Å². The molecule has 0 aliphatic carbocycles. The second-order valence-electron chi connectivity index (χ2n) is 6.85. The molecule has 6 heteroatoms. The summed E-state index contributed by atoms with van der Waals surface area (Å²) in [6.45, 7) is 7.27. The monoisotopic (exact) mass is 376 g/mol. The first-order chi connectivity index (χ1) is 12.3. The molecule has 0 saturated heterocycles. The number of methoxy groups -OCH3 is 1. The highest BCUT2D eigenvalue weighted by Gasteiger charge is 2.13. The summed E-state index contributed by atoms with van der Waals surface area (Å²) in [7, 11) is 1.54. The fourth-order valence-electron chi connectivity index (χ4n) is 2.30. The van der Waals surface area contributed by atoms with Crippen LogP contribution in [0.25, 0.3) is 0 Å². The Morgan fingerprint density at radius 2 is 1.81 bits per heavy atom. The summed E-state index contributed by atoms with van der Waals surface area (Å²) in [6, 6.07) is 12.7. The van der Waals surface area contributed by atoms with Crippen LogP contribution in [0.4, 0.5) is 10.5 Å². The molecule has 2 aromatic carbocycles. The number of amides is 2. The van der Waals surface area contributed by atoms with Crippen molar-refractivity contribution in [2.24, 2.45) is 0 Å². The van der Waals surface area contributed by atoms with Crippen molar-refractivity contribution < 1.29 is 14.3 Å². The Morgan fingerprint density at radius 3 is 2.38 bits per heavy atom. The first-order valence-electron chi connectivity index (χ1n) is 8.41. The highest BCUT2D eigenvalue weighted by Crippen LogP contribution is 2.27. The quantitative estimate of drug-likeness (QED) is 0.708. The number of benzene rings is 2. The Kier molecular flexibility index (Phi) is 6.75. The van der Waals surface area contributed by atoms with Crippen molar-refractivity contribution >= 4 is 23.3 Å². The third-order valence-corrected chi connectivity index (χ3v) is 4.08. The molecule has 5 nitrogen and oxygen atoms in total. The highest BCUT2D eigenvalue weighted by molar-refractivity contribution is 6.32. The first kappa shape index (κ1) is 19.9. The van der Waals surface area contributed by atoms with E-state index in [9.17, 15) is 4.79 Å². The summed E-state index contributed by atoms with van der Waals surface area (Å²) >= 11 is 6.03. The Hall–Kier alpha value is -2.40. The van der Waals surface area contributed by atoms with Crippen molar-refractivity contribution in [2.75, 3.05) is 25.6 Å². The molecule has 0 radical (unpaired) electrons. The van der Waals surface area contributed by atoms with Crippen molar-refractivity contribution in [1.82, 2.24) is 5.32 Å². The van der Waals surface area contributed by atoms with Gasteiger partial charge in [-0.3, -0.25) is 0 Å². The predicted octanol–water partition coefficient (Wildman–Crippen LogP) is 4.85. The van der Waals surface area contributed by atoms with Gasteiger partial charge in [0.1, 0.15) is 18.1 Å². The zero-order valence-electron chi connectivity index (χ0n) is 15.6. The Bertz CT molecular complexity index is 740. The molecule has 0 aliphatic heterocycles. The summed E-state index contributed by atoms with van der Waals surface area (Å²) in [6.07, 6.45) is 0. The summed E-state index contributed by atoms with van der Waals surface area (Å²) in [4.78, 5) is 11.9. The lowest BCUT2D eigenvalue weighted by atomic mass is 9.87. The number of halogens is 1. The average Bonchev–Trinajstić information content (AvgIpc) is 2.58. The molecule has 0 atom stereocenters. The number of carbonyl (C=O) groups excluding carboxylic acids is 1. The van der Waals surface area contributed by atoms with Gasteiger partial charge in [0.05, 0.1) is 18.7 Å². The van der Waals surface area contributed by atoms with Gasteiger partial charge in [-0.15, -0.1) is 0 Å². The van der Waals surface area contributed by atoms with E-state index < -0.39 is 0 Å². The third kappa shape index (κ3) is 5.85. The van der Waals surface area contributed by atoms with Gasteiger partial charge in [-0.2, -0.15) is 0 Å². The van der Waals surface area contributed by atoms with Crippen molar-refractivity contribution in [2.45, 2.75) is 26.2 Å². The molecule has 0 saturated carbocycles. The Morgan fingerprint density at radius 1 is 1.12 bits per heavy atom. The minimum absolute atomic E-state index is 0.114. The van der Waals surface area contributed by atoms with E-state index in [4.69, 9.17) is 21.1 Å². The van der Waals surface area contributed by atoms with Gasteiger partial charge in [-0.1, -0.05) is 44.5 Å². The average molecular weight is 377 g/mol. The van der Waals surface area contributed by atoms with Crippen LogP contribution in [-0.2, 0) is 5.41 Å². The number of ether oxygens (including phenoxy) is 2. The Labute approximate surface area is 159 Å². The molecule has 140 valence electrons. The van der Waals surface area contributed by atoms with E-state index >= 15 is 0 Å². The molecular formula is C20H25ClN2O3. The normalized spacial score (nSPS) is 11.0. The summed E-state index contributed by atoms with van der Waals surface area (Å²) in [5, 5.41) is 5.88. The summed E-state index contributed by atoms with van der Waals surface area (Å²) < 4.78 is 10.7. The van der Waals surface area contributed by atoms with Crippen LogP contribution in [0, 0.1) is 0 Å². The van der Waals surface area contributed by atoms with Crippen LogP contribution < -0.4 is 20.1 Å². The van der Waals surface area contributed by atoms with Gasteiger partial charge in [-0.05, 0) is 41.3 Å². The van der Waals surface area contributed by atoms with E-state index in [1.54, 1.807) is 18.2 Å². The Balaban J connectivity index is 1.74. The molecule has 0 spiro atoms. The fourth-order valence-corrected chi connectivity index (χ4v) is 2.56. The van der Waals surface area contributed by atoms with Crippen LogP contribution in [0.5, 0.6) is 11.5 Å². The van der Waals surface area contributed by atoms with Gasteiger partial charge in [0.2, 0.25) is 0 Å². The van der Waals surface area contributed by atoms with Gasteiger partial charge >= 0.3 is 6.03 Å². The molecule has 26 heavy (non-hydrogen) atoms. The SMILES string of the molecule is COc1ccc(NC(=O)NCCOc2ccc(C(C)(C)C)cc2)cc1Cl. The van der Waals surface area contributed by atoms with Crippen LogP contribution in [0.3, 0.4) is 0 Å². The van der Waals surface area contributed by atoms with E-state index in [0.717, 1.165) is 5.75 Å². The lowest BCUT2D eigenvalue weighted by molar-refractivity contribution is 0.247. The number of nitrogens with one attached hydrogen (secondary N) is 2. The number of hydrogen-bond acceptors (Lipinski definition) is 3. The molecule has 2 aromatic rings. The second kappa shape index (κ2) is 8.81. The van der Waals surface area contributed by atoms with Crippen LogP contribution in [0.15, 0.2) is 42.5 Å². The minimum atomic E-state index is -0.321. The zero-order chi connectivity index (χ0) is 19.2. The van der Waals surface area contributed by atoms with E-state index in [-0.39, 0.29) is 11.4 Å². The molecule has 0 fully saturated rings. The molecule has 2 N–H and O–H groups in total. The van der Waals surface area contributed by atoms with Crippen molar-refractivity contribution in [3.63, 3.8) is 0 Å². The molecule has 0 aromatic heterocycles. The molecule has 0 bridgehead atoms. The van der Waals surface area contributed by atoms with Crippen molar-refractivity contribution in [3.05, 3.63) is 53.1 Å². The summed E-state index contributed by atoms with van der Waals surface area (Å²) in [5.41, 5.74) is 1.95. The molecule has 0 unspecified atom stereocenters. The van der Waals surface area contributed by atoms with Gasteiger partial charge in [0, 0.05) is 5.69 Å². The number of rotatable bonds is 6. The molecule has 2 rings (SSSR count). The maximum absolute atomic E-state index is 11.9. The lowest BCUT2D eigenvalue weighted by Gasteiger charge is -2.19. The topological polar surface area (TPSA) is 59.6 Å². The number of anilines is 1. The number of hydrogen-bond donors (Lipinski definition) is 2. The van der Waals surface area contributed by atoms with Crippen LogP contribution in [0.2, 0.25) is 5.02 Å². The molecule has 0 heterocycles. The maximum atomic E-state index is 11.9. The molecule has 2 amide bonds. The van der Waals surface area contributed by atoms with Crippen molar-refractivity contribution in [1.29, 1.82) is 0 Å². The van der Waals surface area contributed by atoms with E-state index in [1.807, 2.05) is 12.1 Å².